The fourth-order valence-electron chi connectivity index (χ4n) is 3.51. The summed E-state index contributed by atoms with van der Waals surface area (Å²) < 4.78 is 16.0. The van der Waals surface area contributed by atoms with Crippen molar-refractivity contribution in [1.82, 2.24) is 10.1 Å². The van der Waals surface area contributed by atoms with Crippen molar-refractivity contribution in [3.63, 3.8) is 0 Å². The third-order valence-corrected chi connectivity index (χ3v) is 4.80. The average Bonchev–Trinajstić information content (AvgIpc) is 3.27. The van der Waals surface area contributed by atoms with Crippen molar-refractivity contribution >= 4 is 11.7 Å². The van der Waals surface area contributed by atoms with Crippen LogP contribution in [0.2, 0.25) is 0 Å². The molecular formula is C19H25N3O4. The zero-order chi connectivity index (χ0) is 18.7. The Balaban J connectivity index is 1.84. The lowest BCUT2D eigenvalue weighted by atomic mass is 10.0. The SMILES string of the molecule is CCc1onc(C)c1[C@H]1CCCN1C(=O)Nc1cc(OC)ccc1OC. The van der Waals surface area contributed by atoms with E-state index >= 15 is 0 Å². The molecule has 1 aromatic heterocycles. The number of urea groups is 1. The molecule has 7 heteroatoms. The Morgan fingerprint density at radius 1 is 1.38 bits per heavy atom. The van der Waals surface area contributed by atoms with Gasteiger partial charge in [-0.25, -0.2) is 4.79 Å². The number of aryl methyl sites for hydroxylation is 2. The molecule has 1 aromatic carbocycles. The van der Waals surface area contributed by atoms with Crippen LogP contribution in [0.15, 0.2) is 22.7 Å². The number of rotatable bonds is 5. The van der Waals surface area contributed by atoms with E-state index in [9.17, 15) is 4.79 Å². The first-order valence-corrected chi connectivity index (χ1v) is 8.83. The Labute approximate surface area is 153 Å². The molecule has 1 atom stereocenters. The van der Waals surface area contributed by atoms with Crippen LogP contribution in [-0.2, 0) is 6.42 Å². The molecule has 0 saturated carbocycles. The van der Waals surface area contributed by atoms with Gasteiger partial charge < -0.3 is 24.2 Å². The second-order valence-electron chi connectivity index (χ2n) is 6.31. The summed E-state index contributed by atoms with van der Waals surface area (Å²) in [5.41, 5.74) is 2.48. The first-order valence-electron chi connectivity index (χ1n) is 8.83. The van der Waals surface area contributed by atoms with Gasteiger partial charge >= 0.3 is 6.03 Å². The van der Waals surface area contributed by atoms with E-state index in [4.69, 9.17) is 14.0 Å². The van der Waals surface area contributed by atoms with Gasteiger partial charge in [-0.15, -0.1) is 0 Å². The summed E-state index contributed by atoms with van der Waals surface area (Å²) in [7, 11) is 3.16. The van der Waals surface area contributed by atoms with E-state index in [1.54, 1.807) is 32.4 Å². The zero-order valence-corrected chi connectivity index (χ0v) is 15.7. The summed E-state index contributed by atoms with van der Waals surface area (Å²) in [6, 6.07) is 5.13. The quantitative estimate of drug-likeness (QED) is 0.875. The van der Waals surface area contributed by atoms with Gasteiger partial charge in [0, 0.05) is 24.6 Å². The Morgan fingerprint density at radius 3 is 2.88 bits per heavy atom. The minimum Gasteiger partial charge on any atom is -0.497 e. The van der Waals surface area contributed by atoms with Crippen LogP contribution >= 0.6 is 0 Å². The number of ether oxygens (including phenoxy) is 2. The first-order chi connectivity index (χ1) is 12.6. The highest BCUT2D eigenvalue weighted by Gasteiger charge is 2.34. The number of aromatic nitrogens is 1. The third kappa shape index (κ3) is 3.34. The van der Waals surface area contributed by atoms with E-state index in [1.807, 2.05) is 18.7 Å². The van der Waals surface area contributed by atoms with Crippen molar-refractivity contribution in [2.75, 3.05) is 26.1 Å². The van der Waals surface area contributed by atoms with E-state index in [-0.39, 0.29) is 12.1 Å². The summed E-state index contributed by atoms with van der Waals surface area (Å²) in [5.74, 6) is 2.10. The van der Waals surface area contributed by atoms with Crippen LogP contribution in [0, 0.1) is 6.92 Å². The molecule has 7 nitrogen and oxygen atoms in total. The maximum absolute atomic E-state index is 13.0. The predicted octanol–water partition coefficient (Wildman–Crippen LogP) is 3.93. The zero-order valence-electron chi connectivity index (χ0n) is 15.7. The van der Waals surface area contributed by atoms with Gasteiger partial charge in [0.05, 0.1) is 31.6 Å². The molecule has 0 aliphatic carbocycles. The third-order valence-electron chi connectivity index (χ3n) is 4.80. The van der Waals surface area contributed by atoms with Crippen molar-refractivity contribution in [1.29, 1.82) is 0 Å². The van der Waals surface area contributed by atoms with Gasteiger partial charge in [-0.1, -0.05) is 12.1 Å². The summed E-state index contributed by atoms with van der Waals surface area (Å²) >= 11 is 0. The van der Waals surface area contributed by atoms with Crippen LogP contribution in [0.1, 0.15) is 42.8 Å². The Hall–Kier alpha value is -2.70. The number of methoxy groups -OCH3 is 2. The highest BCUT2D eigenvalue weighted by Crippen LogP contribution is 2.37. The van der Waals surface area contributed by atoms with Crippen LogP contribution in [-0.4, -0.2) is 36.9 Å². The molecule has 1 N–H and O–H groups in total. The molecule has 1 aliphatic heterocycles. The fraction of sp³-hybridized carbons (Fsp3) is 0.474. The van der Waals surface area contributed by atoms with Crippen LogP contribution in [0.25, 0.3) is 0 Å². The number of likely N-dealkylation sites (tertiary alicyclic amines) is 1. The molecule has 1 saturated heterocycles. The molecule has 0 radical (unpaired) electrons. The number of nitrogens with one attached hydrogen (secondary N) is 1. The fourth-order valence-corrected chi connectivity index (χ4v) is 3.51. The van der Waals surface area contributed by atoms with Crippen molar-refractivity contribution < 1.29 is 18.8 Å². The largest absolute Gasteiger partial charge is 0.497 e. The van der Waals surface area contributed by atoms with Crippen molar-refractivity contribution in [2.24, 2.45) is 0 Å². The van der Waals surface area contributed by atoms with Gasteiger partial charge in [0.1, 0.15) is 17.3 Å². The number of amides is 2. The molecular weight excluding hydrogens is 334 g/mol. The Morgan fingerprint density at radius 2 is 2.19 bits per heavy atom. The summed E-state index contributed by atoms with van der Waals surface area (Å²) in [4.78, 5) is 14.8. The van der Waals surface area contributed by atoms with Gasteiger partial charge in [0.2, 0.25) is 0 Å². The first kappa shape index (κ1) is 18.1. The topological polar surface area (TPSA) is 76.8 Å². The van der Waals surface area contributed by atoms with E-state index in [2.05, 4.69) is 10.5 Å². The molecule has 2 amide bonds. The monoisotopic (exact) mass is 359 g/mol. The lowest BCUT2D eigenvalue weighted by Crippen LogP contribution is -2.35. The molecule has 0 bridgehead atoms. The lowest BCUT2D eigenvalue weighted by Gasteiger charge is -2.25. The predicted molar refractivity (Wildman–Crippen MR) is 97.9 cm³/mol. The number of nitrogens with zero attached hydrogens (tertiary/aromatic N) is 2. The van der Waals surface area contributed by atoms with E-state index < -0.39 is 0 Å². The molecule has 2 heterocycles. The van der Waals surface area contributed by atoms with E-state index in [0.717, 1.165) is 36.3 Å². The number of carbonyl (C=O) groups is 1. The molecule has 1 aliphatic rings. The van der Waals surface area contributed by atoms with Gasteiger partial charge in [0.15, 0.2) is 0 Å². The molecule has 2 aromatic rings. The van der Waals surface area contributed by atoms with Gasteiger partial charge in [-0.3, -0.25) is 0 Å². The number of hydrogen-bond donors (Lipinski definition) is 1. The van der Waals surface area contributed by atoms with Crippen molar-refractivity contribution in [3.05, 3.63) is 35.2 Å². The standard InChI is InChI=1S/C19H25N3O4/c1-5-16-18(12(2)21-26-16)15-7-6-10-22(15)19(23)20-14-11-13(24-3)8-9-17(14)25-4/h8-9,11,15H,5-7,10H2,1-4H3,(H,20,23)/t15-/m1/s1. The number of hydrogen-bond acceptors (Lipinski definition) is 5. The molecule has 26 heavy (non-hydrogen) atoms. The normalized spacial score (nSPS) is 16.6. The van der Waals surface area contributed by atoms with E-state index in [0.29, 0.717) is 23.7 Å². The number of carbonyl (C=O) groups excluding carboxylic acids is 1. The summed E-state index contributed by atoms with van der Waals surface area (Å²) in [6.07, 6.45) is 2.60. The smallest absolute Gasteiger partial charge is 0.322 e. The molecule has 0 spiro atoms. The second kappa shape index (κ2) is 7.68. The highest BCUT2D eigenvalue weighted by atomic mass is 16.5. The van der Waals surface area contributed by atoms with Gasteiger partial charge in [-0.05, 0) is 31.9 Å². The maximum Gasteiger partial charge on any atom is 0.322 e. The van der Waals surface area contributed by atoms with Crippen LogP contribution in [0.3, 0.4) is 0 Å². The Bertz CT molecular complexity index is 787. The van der Waals surface area contributed by atoms with E-state index in [1.165, 1.54) is 0 Å². The maximum atomic E-state index is 13.0. The van der Waals surface area contributed by atoms with Gasteiger partial charge in [-0.2, -0.15) is 0 Å². The summed E-state index contributed by atoms with van der Waals surface area (Å²) in [6.45, 7) is 4.65. The highest BCUT2D eigenvalue weighted by molar-refractivity contribution is 5.91. The lowest BCUT2D eigenvalue weighted by molar-refractivity contribution is 0.206. The van der Waals surface area contributed by atoms with Crippen LogP contribution in [0.5, 0.6) is 11.5 Å². The minimum absolute atomic E-state index is 0.0206. The molecule has 140 valence electrons. The molecule has 3 rings (SSSR count). The summed E-state index contributed by atoms with van der Waals surface area (Å²) in [5, 5.41) is 7.05. The van der Waals surface area contributed by atoms with Crippen LogP contribution < -0.4 is 14.8 Å². The number of benzene rings is 1. The number of anilines is 1. The van der Waals surface area contributed by atoms with Gasteiger partial charge in [0.25, 0.3) is 0 Å². The Kier molecular flexibility index (Phi) is 5.35. The van der Waals surface area contributed by atoms with Crippen LogP contribution in [0.4, 0.5) is 10.5 Å². The average molecular weight is 359 g/mol. The minimum atomic E-state index is -0.165. The molecule has 1 fully saturated rings. The second-order valence-corrected chi connectivity index (χ2v) is 6.31. The van der Waals surface area contributed by atoms with Crippen molar-refractivity contribution in [2.45, 2.75) is 39.2 Å². The van der Waals surface area contributed by atoms with Crippen molar-refractivity contribution in [3.8, 4) is 11.5 Å². The molecule has 0 unspecified atom stereocenters.